The van der Waals surface area contributed by atoms with Crippen molar-refractivity contribution in [3.63, 3.8) is 0 Å². The second-order valence-corrected chi connectivity index (χ2v) is 6.10. The van der Waals surface area contributed by atoms with Gasteiger partial charge in [0.25, 0.3) is 0 Å². The molecular weight excluding hydrogens is 266 g/mol. The number of amides is 1. The van der Waals surface area contributed by atoms with E-state index in [-0.39, 0.29) is 18.6 Å². The molecular formula is C16H23N3O2. The van der Waals surface area contributed by atoms with Gasteiger partial charge in [0.05, 0.1) is 31.2 Å². The minimum Gasteiger partial charge on any atom is -0.394 e. The number of carbonyl (C=O) groups excluding carboxylic acids is 1. The zero-order valence-electron chi connectivity index (χ0n) is 12.6. The average molecular weight is 289 g/mol. The lowest BCUT2D eigenvalue weighted by Crippen LogP contribution is -2.46. The Balaban J connectivity index is 1.74. The monoisotopic (exact) mass is 289 g/mol. The maximum absolute atomic E-state index is 12.6. The fourth-order valence-corrected chi connectivity index (χ4v) is 3.34. The van der Waals surface area contributed by atoms with Crippen molar-refractivity contribution in [3.8, 4) is 0 Å². The van der Waals surface area contributed by atoms with Crippen molar-refractivity contribution in [1.82, 2.24) is 14.5 Å². The SMILES string of the molecule is Cn1cnc2c1CC(CO)N(C(=O)CC1=CCCCC1)C2. The summed E-state index contributed by atoms with van der Waals surface area (Å²) in [6.45, 7) is 0.531. The van der Waals surface area contributed by atoms with Gasteiger partial charge in [0.2, 0.25) is 5.91 Å². The quantitative estimate of drug-likeness (QED) is 0.859. The molecule has 1 unspecified atom stereocenters. The lowest BCUT2D eigenvalue weighted by atomic mass is 9.95. The van der Waals surface area contributed by atoms with Crippen LogP contribution in [-0.2, 0) is 24.8 Å². The molecule has 21 heavy (non-hydrogen) atoms. The summed E-state index contributed by atoms with van der Waals surface area (Å²) >= 11 is 0. The molecule has 2 aliphatic rings. The van der Waals surface area contributed by atoms with Crippen LogP contribution in [-0.4, -0.2) is 38.1 Å². The smallest absolute Gasteiger partial charge is 0.227 e. The molecule has 5 heteroatoms. The Bertz CT molecular complexity index is 562. The molecule has 1 aliphatic heterocycles. The number of aromatic nitrogens is 2. The summed E-state index contributed by atoms with van der Waals surface area (Å²) in [4.78, 5) is 18.8. The van der Waals surface area contributed by atoms with Crippen LogP contribution >= 0.6 is 0 Å². The summed E-state index contributed by atoms with van der Waals surface area (Å²) in [5.74, 6) is 0.124. The fourth-order valence-electron chi connectivity index (χ4n) is 3.34. The van der Waals surface area contributed by atoms with E-state index in [0.717, 1.165) is 24.2 Å². The highest BCUT2D eigenvalue weighted by Gasteiger charge is 2.31. The zero-order valence-corrected chi connectivity index (χ0v) is 12.6. The van der Waals surface area contributed by atoms with Crippen LogP contribution in [0.5, 0.6) is 0 Å². The summed E-state index contributed by atoms with van der Waals surface area (Å²) in [6.07, 6.45) is 9.74. The zero-order chi connectivity index (χ0) is 14.8. The summed E-state index contributed by atoms with van der Waals surface area (Å²) < 4.78 is 1.99. The van der Waals surface area contributed by atoms with Crippen molar-refractivity contribution in [1.29, 1.82) is 0 Å². The lowest BCUT2D eigenvalue weighted by molar-refractivity contribution is -0.135. The number of aliphatic hydroxyl groups excluding tert-OH is 1. The third kappa shape index (κ3) is 2.88. The minimum absolute atomic E-state index is 0.00933. The molecule has 1 N–H and O–H groups in total. The van der Waals surface area contributed by atoms with E-state index in [1.54, 1.807) is 6.33 Å². The highest BCUT2D eigenvalue weighted by molar-refractivity contribution is 5.79. The van der Waals surface area contributed by atoms with Gasteiger partial charge in [0, 0.05) is 25.6 Å². The molecule has 0 spiro atoms. The lowest BCUT2D eigenvalue weighted by Gasteiger charge is -2.35. The number of aliphatic hydroxyl groups is 1. The number of carbonyl (C=O) groups is 1. The molecule has 0 saturated heterocycles. The molecule has 0 aromatic carbocycles. The van der Waals surface area contributed by atoms with Gasteiger partial charge in [-0.2, -0.15) is 0 Å². The fraction of sp³-hybridized carbons (Fsp3) is 0.625. The van der Waals surface area contributed by atoms with Gasteiger partial charge in [-0.1, -0.05) is 11.6 Å². The predicted molar refractivity (Wildman–Crippen MR) is 79.5 cm³/mol. The Morgan fingerprint density at radius 3 is 3.05 bits per heavy atom. The number of nitrogens with zero attached hydrogens (tertiary/aromatic N) is 3. The molecule has 1 atom stereocenters. The molecule has 0 fully saturated rings. The Kier molecular flexibility index (Phi) is 4.10. The van der Waals surface area contributed by atoms with Crippen LogP contribution in [0.25, 0.3) is 0 Å². The highest BCUT2D eigenvalue weighted by atomic mass is 16.3. The topological polar surface area (TPSA) is 58.4 Å². The van der Waals surface area contributed by atoms with E-state index in [9.17, 15) is 9.90 Å². The van der Waals surface area contributed by atoms with Gasteiger partial charge in [-0.25, -0.2) is 4.98 Å². The molecule has 0 radical (unpaired) electrons. The number of imidazole rings is 1. The van der Waals surface area contributed by atoms with Crippen molar-refractivity contribution in [2.45, 2.75) is 51.1 Å². The van der Waals surface area contributed by atoms with Gasteiger partial charge >= 0.3 is 0 Å². The Morgan fingerprint density at radius 2 is 2.33 bits per heavy atom. The standard InChI is InChI=1S/C16H23N3O2/c1-18-11-17-14-9-19(13(10-20)8-15(14)18)16(21)7-12-5-3-2-4-6-12/h5,11,13,20H,2-4,6-10H2,1H3. The van der Waals surface area contributed by atoms with Crippen LogP contribution in [0.3, 0.4) is 0 Å². The van der Waals surface area contributed by atoms with Gasteiger partial charge in [0.1, 0.15) is 0 Å². The number of allylic oxidation sites excluding steroid dienone is 1. The molecule has 2 heterocycles. The van der Waals surface area contributed by atoms with E-state index in [1.807, 2.05) is 16.5 Å². The van der Waals surface area contributed by atoms with E-state index in [0.29, 0.717) is 19.4 Å². The van der Waals surface area contributed by atoms with E-state index in [2.05, 4.69) is 11.1 Å². The molecule has 0 bridgehead atoms. The summed E-state index contributed by atoms with van der Waals surface area (Å²) in [5.41, 5.74) is 3.36. The maximum atomic E-state index is 12.6. The molecule has 1 aromatic heterocycles. The van der Waals surface area contributed by atoms with Crippen molar-refractivity contribution in [2.75, 3.05) is 6.61 Å². The maximum Gasteiger partial charge on any atom is 0.227 e. The van der Waals surface area contributed by atoms with Gasteiger partial charge < -0.3 is 14.6 Å². The van der Waals surface area contributed by atoms with Crippen LogP contribution in [0.4, 0.5) is 0 Å². The first-order valence-electron chi connectivity index (χ1n) is 7.76. The van der Waals surface area contributed by atoms with Gasteiger partial charge in [-0.15, -0.1) is 0 Å². The minimum atomic E-state index is -0.121. The number of rotatable bonds is 3. The van der Waals surface area contributed by atoms with Gasteiger partial charge in [-0.3, -0.25) is 4.79 Å². The number of hydrogen-bond acceptors (Lipinski definition) is 3. The van der Waals surface area contributed by atoms with E-state index < -0.39 is 0 Å². The second-order valence-electron chi connectivity index (χ2n) is 6.10. The third-order valence-corrected chi connectivity index (χ3v) is 4.63. The Morgan fingerprint density at radius 1 is 1.48 bits per heavy atom. The van der Waals surface area contributed by atoms with Crippen molar-refractivity contribution in [3.05, 3.63) is 29.4 Å². The molecule has 0 saturated carbocycles. The van der Waals surface area contributed by atoms with E-state index >= 15 is 0 Å². The summed E-state index contributed by atoms with van der Waals surface area (Å²) in [5, 5.41) is 9.63. The van der Waals surface area contributed by atoms with Gasteiger partial charge in [0.15, 0.2) is 0 Å². The van der Waals surface area contributed by atoms with Crippen LogP contribution in [0.15, 0.2) is 18.0 Å². The number of aryl methyl sites for hydroxylation is 1. The second kappa shape index (κ2) is 6.02. The van der Waals surface area contributed by atoms with E-state index in [1.165, 1.54) is 18.4 Å². The molecule has 114 valence electrons. The Hall–Kier alpha value is -1.62. The third-order valence-electron chi connectivity index (χ3n) is 4.63. The molecule has 3 rings (SSSR count). The van der Waals surface area contributed by atoms with Crippen molar-refractivity contribution < 1.29 is 9.90 Å². The molecule has 1 amide bonds. The average Bonchev–Trinajstić information content (AvgIpc) is 2.87. The Labute approximate surface area is 125 Å². The normalized spacial score (nSPS) is 21.9. The van der Waals surface area contributed by atoms with Crippen LogP contribution in [0.2, 0.25) is 0 Å². The molecule has 5 nitrogen and oxygen atoms in total. The number of hydrogen-bond donors (Lipinski definition) is 1. The van der Waals surface area contributed by atoms with Crippen molar-refractivity contribution in [2.24, 2.45) is 7.05 Å². The first kappa shape index (κ1) is 14.3. The van der Waals surface area contributed by atoms with Crippen LogP contribution in [0, 0.1) is 0 Å². The highest BCUT2D eigenvalue weighted by Crippen LogP contribution is 2.26. The first-order chi connectivity index (χ1) is 10.2. The van der Waals surface area contributed by atoms with Crippen molar-refractivity contribution >= 4 is 5.91 Å². The van der Waals surface area contributed by atoms with Crippen LogP contribution in [0.1, 0.15) is 43.5 Å². The first-order valence-corrected chi connectivity index (χ1v) is 7.76. The number of fused-ring (bicyclic) bond motifs is 1. The van der Waals surface area contributed by atoms with E-state index in [4.69, 9.17) is 0 Å². The summed E-state index contributed by atoms with van der Waals surface area (Å²) in [6, 6.07) is -0.121. The largest absolute Gasteiger partial charge is 0.394 e. The molecule has 1 aliphatic carbocycles. The predicted octanol–water partition coefficient (Wildman–Crippen LogP) is 1.56. The molecule has 1 aromatic rings. The van der Waals surface area contributed by atoms with Gasteiger partial charge in [-0.05, 0) is 25.7 Å². The summed E-state index contributed by atoms with van der Waals surface area (Å²) in [7, 11) is 1.96. The van der Waals surface area contributed by atoms with Crippen LogP contribution < -0.4 is 0 Å².